The average molecular weight is 349 g/mol. The fourth-order valence-electron chi connectivity index (χ4n) is 3.41. The van der Waals surface area contributed by atoms with Gasteiger partial charge in [0.15, 0.2) is 0 Å². The molecule has 3 rings (SSSR count). The van der Waals surface area contributed by atoms with Crippen LogP contribution >= 0.6 is 11.3 Å². The zero-order chi connectivity index (χ0) is 17.3. The van der Waals surface area contributed by atoms with E-state index < -0.39 is 0 Å². The summed E-state index contributed by atoms with van der Waals surface area (Å²) < 4.78 is 0. The van der Waals surface area contributed by atoms with E-state index in [0.29, 0.717) is 11.3 Å². The van der Waals surface area contributed by atoms with Gasteiger partial charge in [0.25, 0.3) is 5.91 Å². The predicted octanol–water partition coefficient (Wildman–Crippen LogP) is 4.39. The Kier molecular flexibility index (Phi) is 5.00. The van der Waals surface area contributed by atoms with Crippen LogP contribution < -0.4 is 5.32 Å². The van der Waals surface area contributed by atoms with Gasteiger partial charge in [-0.3, -0.25) is 9.59 Å². The topological polar surface area (TPSA) is 49.4 Å². The Labute approximate surface area is 148 Å². The van der Waals surface area contributed by atoms with E-state index in [2.05, 4.69) is 26.1 Å². The molecule has 0 spiro atoms. The normalized spacial score (nSPS) is 22.1. The summed E-state index contributed by atoms with van der Waals surface area (Å²) in [6, 6.07) is 3.70. The number of carbonyl (C=O) groups is 2. The van der Waals surface area contributed by atoms with Crippen molar-refractivity contribution in [3.8, 4) is 0 Å². The molecule has 0 aromatic carbocycles. The Morgan fingerprint density at radius 3 is 2.54 bits per heavy atom. The van der Waals surface area contributed by atoms with E-state index in [1.54, 1.807) is 0 Å². The fraction of sp³-hybridized carbons (Fsp3) is 0.684. The standard InChI is InChI=1S/C19H28N2O2S/c1-19(2,3)14-5-4-11-21(12-10-14)18(23)15-8-9-16(24-15)20-17(22)13-6-7-13/h8-9,13-14H,4-7,10-12H2,1-3H3,(H,20,22). The van der Waals surface area contributed by atoms with Crippen molar-refractivity contribution < 1.29 is 9.59 Å². The van der Waals surface area contributed by atoms with Gasteiger partial charge in [0.2, 0.25) is 5.91 Å². The van der Waals surface area contributed by atoms with Crippen LogP contribution in [-0.4, -0.2) is 29.8 Å². The number of nitrogens with one attached hydrogen (secondary N) is 1. The Hall–Kier alpha value is -1.36. The number of amides is 2. The summed E-state index contributed by atoms with van der Waals surface area (Å²) in [5.41, 5.74) is 0.308. The number of carbonyl (C=O) groups excluding carboxylic acids is 2. The van der Waals surface area contributed by atoms with Gasteiger partial charge in [0.1, 0.15) is 0 Å². The minimum atomic E-state index is 0.0960. The Bertz CT molecular complexity index is 613. The van der Waals surface area contributed by atoms with Gasteiger partial charge in [-0.2, -0.15) is 0 Å². The van der Waals surface area contributed by atoms with Crippen LogP contribution in [0.3, 0.4) is 0 Å². The van der Waals surface area contributed by atoms with Crippen molar-refractivity contribution in [2.45, 2.75) is 52.9 Å². The molecule has 1 saturated carbocycles. The summed E-state index contributed by atoms with van der Waals surface area (Å²) in [4.78, 5) is 27.3. The third-order valence-corrected chi connectivity index (χ3v) is 6.24. The van der Waals surface area contributed by atoms with Crippen molar-refractivity contribution in [2.75, 3.05) is 18.4 Å². The van der Waals surface area contributed by atoms with Gasteiger partial charge in [-0.1, -0.05) is 20.8 Å². The second-order valence-corrected chi connectivity index (χ2v) is 9.30. The number of nitrogens with zero attached hydrogens (tertiary/aromatic N) is 1. The molecule has 1 aliphatic heterocycles. The molecule has 2 fully saturated rings. The molecule has 0 bridgehead atoms. The van der Waals surface area contributed by atoms with Crippen LogP contribution in [0.15, 0.2) is 12.1 Å². The van der Waals surface area contributed by atoms with Crippen molar-refractivity contribution in [2.24, 2.45) is 17.3 Å². The van der Waals surface area contributed by atoms with Crippen molar-refractivity contribution in [1.29, 1.82) is 0 Å². The maximum absolute atomic E-state index is 12.8. The van der Waals surface area contributed by atoms with Gasteiger partial charge in [0, 0.05) is 19.0 Å². The molecule has 2 aliphatic rings. The second kappa shape index (κ2) is 6.87. The first kappa shape index (κ1) is 17.5. The molecular formula is C19H28N2O2S. The van der Waals surface area contributed by atoms with E-state index in [-0.39, 0.29) is 17.7 Å². The molecule has 1 N–H and O–H groups in total. The van der Waals surface area contributed by atoms with Gasteiger partial charge in [-0.15, -0.1) is 11.3 Å². The van der Waals surface area contributed by atoms with E-state index in [1.807, 2.05) is 17.0 Å². The molecule has 0 radical (unpaired) electrons. The highest BCUT2D eigenvalue weighted by Gasteiger charge is 2.31. The van der Waals surface area contributed by atoms with E-state index >= 15 is 0 Å². The number of anilines is 1. The number of likely N-dealkylation sites (tertiary alicyclic amines) is 1. The minimum absolute atomic E-state index is 0.0960. The average Bonchev–Trinajstić information content (AvgIpc) is 3.30. The molecule has 132 valence electrons. The molecule has 24 heavy (non-hydrogen) atoms. The fourth-order valence-corrected chi connectivity index (χ4v) is 4.29. The molecule has 1 aromatic rings. The molecule has 1 unspecified atom stereocenters. The highest BCUT2D eigenvalue weighted by Crippen LogP contribution is 2.35. The molecule has 1 aromatic heterocycles. The van der Waals surface area contributed by atoms with Crippen LogP contribution in [0.25, 0.3) is 0 Å². The lowest BCUT2D eigenvalue weighted by molar-refractivity contribution is -0.117. The first-order chi connectivity index (χ1) is 11.3. The zero-order valence-corrected chi connectivity index (χ0v) is 15.7. The summed E-state index contributed by atoms with van der Waals surface area (Å²) in [7, 11) is 0. The molecule has 4 nitrogen and oxygen atoms in total. The smallest absolute Gasteiger partial charge is 0.263 e. The lowest BCUT2D eigenvalue weighted by Crippen LogP contribution is -2.32. The molecule has 1 saturated heterocycles. The highest BCUT2D eigenvalue weighted by atomic mass is 32.1. The predicted molar refractivity (Wildman–Crippen MR) is 98.4 cm³/mol. The van der Waals surface area contributed by atoms with E-state index in [4.69, 9.17) is 0 Å². The van der Waals surface area contributed by atoms with Gasteiger partial charge >= 0.3 is 0 Å². The number of thiophene rings is 1. The summed E-state index contributed by atoms with van der Waals surface area (Å²) in [5, 5.41) is 3.72. The summed E-state index contributed by atoms with van der Waals surface area (Å²) >= 11 is 1.40. The van der Waals surface area contributed by atoms with Crippen molar-refractivity contribution >= 4 is 28.2 Å². The first-order valence-corrected chi connectivity index (χ1v) is 9.86. The highest BCUT2D eigenvalue weighted by molar-refractivity contribution is 7.18. The molecule has 5 heteroatoms. The van der Waals surface area contributed by atoms with Gasteiger partial charge in [0.05, 0.1) is 9.88 Å². The number of hydrogen-bond donors (Lipinski definition) is 1. The summed E-state index contributed by atoms with van der Waals surface area (Å²) in [6.45, 7) is 8.56. The third kappa shape index (κ3) is 4.18. The molecule has 1 atom stereocenters. The van der Waals surface area contributed by atoms with Crippen molar-refractivity contribution in [3.63, 3.8) is 0 Å². The quantitative estimate of drug-likeness (QED) is 0.881. The van der Waals surface area contributed by atoms with Crippen LogP contribution in [0, 0.1) is 17.3 Å². The van der Waals surface area contributed by atoms with Crippen LogP contribution in [0.1, 0.15) is 62.5 Å². The van der Waals surface area contributed by atoms with Crippen molar-refractivity contribution in [1.82, 2.24) is 4.90 Å². The van der Waals surface area contributed by atoms with Crippen molar-refractivity contribution in [3.05, 3.63) is 17.0 Å². The zero-order valence-electron chi connectivity index (χ0n) is 14.9. The van der Waals surface area contributed by atoms with Crippen LogP contribution in [0.2, 0.25) is 0 Å². The second-order valence-electron chi connectivity index (χ2n) is 8.21. The third-order valence-electron chi connectivity index (χ3n) is 5.25. The lowest BCUT2D eigenvalue weighted by Gasteiger charge is -2.29. The van der Waals surface area contributed by atoms with Crippen LogP contribution in [0.4, 0.5) is 5.00 Å². The Balaban J connectivity index is 1.59. The molecule has 2 amide bonds. The largest absolute Gasteiger partial charge is 0.338 e. The first-order valence-electron chi connectivity index (χ1n) is 9.04. The molecule has 1 aliphatic carbocycles. The monoisotopic (exact) mass is 348 g/mol. The SMILES string of the molecule is CC(C)(C)C1CCCN(C(=O)c2ccc(NC(=O)C3CC3)s2)CC1. The maximum atomic E-state index is 12.8. The maximum Gasteiger partial charge on any atom is 0.263 e. The van der Waals surface area contributed by atoms with Crippen LogP contribution in [0.5, 0.6) is 0 Å². The Morgan fingerprint density at radius 1 is 1.12 bits per heavy atom. The van der Waals surface area contributed by atoms with Gasteiger partial charge < -0.3 is 10.2 Å². The van der Waals surface area contributed by atoms with Gasteiger partial charge in [-0.25, -0.2) is 0 Å². The van der Waals surface area contributed by atoms with E-state index in [1.165, 1.54) is 17.8 Å². The van der Waals surface area contributed by atoms with E-state index in [9.17, 15) is 9.59 Å². The molecule has 2 heterocycles. The minimum Gasteiger partial charge on any atom is -0.338 e. The lowest BCUT2D eigenvalue weighted by atomic mass is 9.77. The van der Waals surface area contributed by atoms with Gasteiger partial charge in [-0.05, 0) is 55.6 Å². The van der Waals surface area contributed by atoms with E-state index in [0.717, 1.165) is 48.7 Å². The summed E-state index contributed by atoms with van der Waals surface area (Å²) in [5.74, 6) is 1.07. The summed E-state index contributed by atoms with van der Waals surface area (Å²) in [6.07, 6.45) is 5.33. The molecular weight excluding hydrogens is 320 g/mol. The number of rotatable bonds is 3. The Morgan fingerprint density at radius 2 is 1.88 bits per heavy atom. The number of hydrogen-bond acceptors (Lipinski definition) is 3. The van der Waals surface area contributed by atoms with Crippen LogP contribution in [-0.2, 0) is 4.79 Å².